The highest BCUT2D eigenvalue weighted by atomic mass is 32.2. The van der Waals surface area contributed by atoms with Gasteiger partial charge in [-0.25, -0.2) is 0 Å². The first kappa shape index (κ1) is 14.3. The van der Waals surface area contributed by atoms with Gasteiger partial charge in [-0.2, -0.15) is 11.8 Å². The van der Waals surface area contributed by atoms with Gasteiger partial charge in [0.05, 0.1) is 0 Å². The van der Waals surface area contributed by atoms with E-state index in [4.69, 9.17) is 0 Å². The Morgan fingerprint density at radius 2 is 1.89 bits per heavy atom. The minimum atomic E-state index is 0.457. The van der Waals surface area contributed by atoms with Crippen molar-refractivity contribution in [1.82, 2.24) is 5.32 Å². The molecular formula is C15H23NS2. The third-order valence-electron chi connectivity index (χ3n) is 3.84. The molecule has 0 bridgehead atoms. The first-order valence-corrected chi connectivity index (χ1v) is 9.18. The van der Waals surface area contributed by atoms with E-state index in [1.54, 1.807) is 11.8 Å². The Morgan fingerprint density at radius 1 is 1.17 bits per heavy atom. The maximum absolute atomic E-state index is 3.81. The van der Waals surface area contributed by atoms with E-state index < -0.39 is 0 Å². The minimum absolute atomic E-state index is 0.457. The summed E-state index contributed by atoms with van der Waals surface area (Å²) in [4.78, 5) is 1.34. The predicted molar refractivity (Wildman–Crippen MR) is 84.7 cm³/mol. The number of thioether (sulfide) groups is 2. The molecule has 1 saturated carbocycles. The summed E-state index contributed by atoms with van der Waals surface area (Å²) in [5.74, 6) is 0. The van der Waals surface area contributed by atoms with Crippen molar-refractivity contribution in [2.75, 3.05) is 12.5 Å². The van der Waals surface area contributed by atoms with Gasteiger partial charge in [-0.05, 0) is 50.0 Å². The first-order chi connectivity index (χ1) is 8.74. The van der Waals surface area contributed by atoms with E-state index in [0.717, 1.165) is 5.25 Å². The van der Waals surface area contributed by atoms with Crippen LogP contribution in [0.2, 0.25) is 0 Å². The molecule has 1 aliphatic carbocycles. The van der Waals surface area contributed by atoms with Crippen molar-refractivity contribution in [3.63, 3.8) is 0 Å². The summed E-state index contributed by atoms with van der Waals surface area (Å²) in [6.07, 6.45) is 8.44. The third-order valence-corrected chi connectivity index (χ3v) is 5.75. The van der Waals surface area contributed by atoms with Crippen LogP contribution in [0.3, 0.4) is 0 Å². The number of hydrogen-bond acceptors (Lipinski definition) is 3. The van der Waals surface area contributed by atoms with Crippen molar-refractivity contribution in [1.29, 1.82) is 0 Å². The Morgan fingerprint density at radius 3 is 2.50 bits per heavy atom. The second-order valence-corrected chi connectivity index (χ2v) is 6.93. The molecule has 1 aliphatic rings. The van der Waals surface area contributed by atoms with E-state index in [9.17, 15) is 0 Å². The fourth-order valence-electron chi connectivity index (χ4n) is 2.71. The molecule has 0 aromatic heterocycles. The van der Waals surface area contributed by atoms with E-state index in [1.165, 1.54) is 29.7 Å². The summed E-state index contributed by atoms with van der Waals surface area (Å²) in [6, 6.07) is 10.1. The topological polar surface area (TPSA) is 12.0 Å². The van der Waals surface area contributed by atoms with Crippen LogP contribution in [0.25, 0.3) is 0 Å². The molecule has 0 heterocycles. The van der Waals surface area contributed by atoms with Crippen LogP contribution in [0.4, 0.5) is 0 Å². The second-order valence-electron chi connectivity index (χ2n) is 4.97. The lowest BCUT2D eigenvalue weighted by atomic mass is 10.1. The van der Waals surface area contributed by atoms with Gasteiger partial charge >= 0.3 is 0 Å². The van der Waals surface area contributed by atoms with Crippen LogP contribution in [0.1, 0.15) is 37.8 Å². The van der Waals surface area contributed by atoms with Gasteiger partial charge < -0.3 is 5.32 Å². The van der Waals surface area contributed by atoms with E-state index >= 15 is 0 Å². The molecule has 0 amide bonds. The van der Waals surface area contributed by atoms with E-state index in [-0.39, 0.29) is 0 Å². The molecule has 0 aliphatic heterocycles. The molecule has 0 spiro atoms. The van der Waals surface area contributed by atoms with Crippen LogP contribution in [-0.4, -0.2) is 23.8 Å². The zero-order valence-electron chi connectivity index (χ0n) is 11.5. The summed E-state index contributed by atoms with van der Waals surface area (Å²) in [7, 11) is 0. The Hall–Kier alpha value is -0.120. The van der Waals surface area contributed by atoms with Crippen molar-refractivity contribution >= 4 is 23.5 Å². The van der Waals surface area contributed by atoms with Crippen LogP contribution in [-0.2, 0) is 0 Å². The standard InChI is InChI=1S/C15H23NS2/c1-11(12-7-9-13(17-2)10-8-12)16-14-5-4-6-15(14)18-3/h7-11,14-16H,4-6H2,1-3H3. The van der Waals surface area contributed by atoms with E-state index in [1.807, 2.05) is 11.8 Å². The Labute approximate surface area is 120 Å². The zero-order valence-corrected chi connectivity index (χ0v) is 13.1. The monoisotopic (exact) mass is 281 g/mol. The van der Waals surface area contributed by atoms with Crippen LogP contribution in [0, 0.1) is 0 Å². The summed E-state index contributed by atoms with van der Waals surface area (Å²) in [5, 5.41) is 4.61. The molecule has 18 heavy (non-hydrogen) atoms. The Kier molecular flexibility index (Phi) is 5.46. The number of hydrogen-bond donors (Lipinski definition) is 1. The van der Waals surface area contributed by atoms with Crippen LogP contribution < -0.4 is 5.32 Å². The fraction of sp³-hybridized carbons (Fsp3) is 0.600. The highest BCUT2D eigenvalue weighted by Crippen LogP contribution is 2.30. The maximum Gasteiger partial charge on any atom is 0.0294 e. The molecule has 1 nitrogen and oxygen atoms in total. The molecule has 3 atom stereocenters. The molecule has 1 N–H and O–H groups in total. The lowest BCUT2D eigenvalue weighted by molar-refractivity contribution is 0.467. The maximum atomic E-state index is 3.81. The summed E-state index contributed by atoms with van der Waals surface area (Å²) < 4.78 is 0. The number of benzene rings is 1. The molecule has 2 rings (SSSR count). The van der Waals surface area contributed by atoms with Crippen LogP contribution >= 0.6 is 23.5 Å². The van der Waals surface area contributed by atoms with Crippen molar-refractivity contribution in [3.8, 4) is 0 Å². The summed E-state index contributed by atoms with van der Waals surface area (Å²) in [6.45, 7) is 2.28. The van der Waals surface area contributed by atoms with Crippen molar-refractivity contribution in [2.24, 2.45) is 0 Å². The van der Waals surface area contributed by atoms with Gasteiger partial charge in [0.2, 0.25) is 0 Å². The molecule has 1 aromatic carbocycles. The summed E-state index contributed by atoms with van der Waals surface area (Å²) in [5.41, 5.74) is 1.40. The quantitative estimate of drug-likeness (QED) is 0.806. The second kappa shape index (κ2) is 6.88. The smallest absolute Gasteiger partial charge is 0.0294 e. The number of rotatable bonds is 5. The number of nitrogens with one attached hydrogen (secondary N) is 1. The average Bonchev–Trinajstić information content (AvgIpc) is 2.86. The van der Waals surface area contributed by atoms with Crippen molar-refractivity contribution < 1.29 is 0 Å². The average molecular weight is 281 g/mol. The van der Waals surface area contributed by atoms with Gasteiger partial charge in [0.25, 0.3) is 0 Å². The van der Waals surface area contributed by atoms with Gasteiger partial charge in [0, 0.05) is 22.2 Å². The largest absolute Gasteiger partial charge is 0.306 e. The molecule has 3 heteroatoms. The molecule has 0 radical (unpaired) electrons. The van der Waals surface area contributed by atoms with Gasteiger partial charge in [0.1, 0.15) is 0 Å². The first-order valence-electron chi connectivity index (χ1n) is 6.67. The van der Waals surface area contributed by atoms with Gasteiger partial charge in [-0.3, -0.25) is 0 Å². The molecule has 100 valence electrons. The Bertz CT molecular complexity index is 363. The fourth-order valence-corrected chi connectivity index (χ4v) is 4.06. The van der Waals surface area contributed by atoms with Gasteiger partial charge in [0.15, 0.2) is 0 Å². The predicted octanol–water partition coefficient (Wildman–Crippen LogP) is 4.34. The zero-order chi connectivity index (χ0) is 13.0. The van der Waals surface area contributed by atoms with Gasteiger partial charge in [-0.15, -0.1) is 11.8 Å². The van der Waals surface area contributed by atoms with Gasteiger partial charge in [-0.1, -0.05) is 18.6 Å². The minimum Gasteiger partial charge on any atom is -0.306 e. The van der Waals surface area contributed by atoms with Crippen molar-refractivity contribution in [3.05, 3.63) is 29.8 Å². The molecular weight excluding hydrogens is 258 g/mol. The third kappa shape index (κ3) is 3.46. The normalized spacial score (nSPS) is 25.3. The van der Waals surface area contributed by atoms with E-state index in [2.05, 4.69) is 49.0 Å². The highest BCUT2D eigenvalue weighted by Gasteiger charge is 2.27. The molecule has 3 unspecified atom stereocenters. The lowest BCUT2D eigenvalue weighted by Gasteiger charge is -2.24. The lowest BCUT2D eigenvalue weighted by Crippen LogP contribution is -2.35. The van der Waals surface area contributed by atoms with Crippen molar-refractivity contribution in [2.45, 2.75) is 48.4 Å². The molecule has 1 aromatic rings. The van der Waals surface area contributed by atoms with Crippen LogP contribution in [0.15, 0.2) is 29.2 Å². The molecule has 0 saturated heterocycles. The summed E-state index contributed by atoms with van der Waals surface area (Å²) >= 11 is 3.82. The SMILES string of the molecule is CSc1ccc(C(C)NC2CCCC2SC)cc1. The Balaban J connectivity index is 1.95. The van der Waals surface area contributed by atoms with Crippen LogP contribution in [0.5, 0.6) is 0 Å². The van der Waals surface area contributed by atoms with E-state index in [0.29, 0.717) is 12.1 Å². The highest BCUT2D eigenvalue weighted by molar-refractivity contribution is 7.99. The molecule has 1 fully saturated rings.